The molecule has 3 aromatic rings. The Morgan fingerprint density at radius 2 is 2.17 bits per heavy atom. The fourth-order valence-corrected chi connectivity index (χ4v) is 3.59. The highest BCUT2D eigenvalue weighted by molar-refractivity contribution is 7.99. The molecule has 0 atom stereocenters. The Labute approximate surface area is 148 Å². The van der Waals surface area contributed by atoms with Crippen molar-refractivity contribution in [1.29, 1.82) is 0 Å². The average molecular weight is 359 g/mol. The van der Waals surface area contributed by atoms with Crippen LogP contribution in [0.4, 0.5) is 5.13 Å². The standard InChI is InChI=1S/C16H17N5OS2/c1-10-4-5-11(2)13(6-10)21-9-17-20-16(21)24-8-14(22)19-15-18-12(3)7-23-15/h4-7,9H,8H2,1-3H3,(H,18,19,22). The molecule has 0 unspecified atom stereocenters. The Balaban J connectivity index is 1.69. The van der Waals surface area contributed by atoms with E-state index >= 15 is 0 Å². The average Bonchev–Trinajstić information content (AvgIpc) is 3.16. The minimum Gasteiger partial charge on any atom is -0.301 e. The SMILES string of the molecule is Cc1ccc(C)c(-n2cnnc2SCC(=O)Nc2nc(C)cs2)c1. The number of carbonyl (C=O) groups excluding carboxylic acids is 1. The highest BCUT2D eigenvalue weighted by Gasteiger charge is 2.12. The molecule has 0 aliphatic rings. The van der Waals surface area contributed by atoms with E-state index in [2.05, 4.69) is 38.7 Å². The van der Waals surface area contributed by atoms with Crippen molar-refractivity contribution in [2.75, 3.05) is 11.1 Å². The second kappa shape index (κ2) is 7.14. The van der Waals surface area contributed by atoms with E-state index in [-0.39, 0.29) is 11.7 Å². The normalized spacial score (nSPS) is 10.8. The predicted molar refractivity (Wildman–Crippen MR) is 97.0 cm³/mol. The van der Waals surface area contributed by atoms with Gasteiger partial charge in [-0.1, -0.05) is 23.9 Å². The van der Waals surface area contributed by atoms with Gasteiger partial charge in [0.2, 0.25) is 5.91 Å². The van der Waals surface area contributed by atoms with Gasteiger partial charge in [0.15, 0.2) is 10.3 Å². The van der Waals surface area contributed by atoms with Gasteiger partial charge in [-0.3, -0.25) is 9.36 Å². The predicted octanol–water partition coefficient (Wildman–Crippen LogP) is 3.38. The van der Waals surface area contributed by atoms with E-state index in [0.29, 0.717) is 10.3 Å². The van der Waals surface area contributed by atoms with Crippen LogP contribution in [0.5, 0.6) is 0 Å². The Kier molecular flexibility index (Phi) is 4.96. The number of rotatable bonds is 5. The summed E-state index contributed by atoms with van der Waals surface area (Å²) < 4.78 is 1.91. The fraction of sp³-hybridized carbons (Fsp3) is 0.250. The summed E-state index contributed by atoms with van der Waals surface area (Å²) in [6.45, 7) is 5.98. The van der Waals surface area contributed by atoms with E-state index in [0.717, 1.165) is 22.5 Å². The molecule has 0 aliphatic heterocycles. The van der Waals surface area contributed by atoms with E-state index in [4.69, 9.17) is 0 Å². The molecule has 1 amide bonds. The third-order valence-corrected chi connectivity index (χ3v) is 5.16. The van der Waals surface area contributed by atoms with Gasteiger partial charge in [0, 0.05) is 5.38 Å². The Hall–Kier alpha value is -2.19. The Bertz CT molecular complexity index is 871. The van der Waals surface area contributed by atoms with Gasteiger partial charge >= 0.3 is 0 Å². The van der Waals surface area contributed by atoms with E-state index in [1.165, 1.54) is 23.1 Å². The number of aryl methyl sites for hydroxylation is 3. The molecule has 2 aromatic heterocycles. The molecule has 0 saturated carbocycles. The number of hydrogen-bond donors (Lipinski definition) is 1. The summed E-state index contributed by atoms with van der Waals surface area (Å²) >= 11 is 2.77. The summed E-state index contributed by atoms with van der Waals surface area (Å²) in [4.78, 5) is 16.3. The fourth-order valence-electron chi connectivity index (χ4n) is 2.16. The summed E-state index contributed by atoms with van der Waals surface area (Å²) in [6.07, 6.45) is 1.67. The van der Waals surface area contributed by atoms with Crippen LogP contribution in [0.1, 0.15) is 16.8 Å². The van der Waals surface area contributed by atoms with Crippen LogP contribution in [0, 0.1) is 20.8 Å². The number of anilines is 1. The van der Waals surface area contributed by atoms with Crippen LogP contribution in [0.15, 0.2) is 35.1 Å². The summed E-state index contributed by atoms with van der Waals surface area (Å²) in [5, 5.41) is 14.1. The third-order valence-electron chi connectivity index (χ3n) is 3.34. The number of hydrogen-bond acceptors (Lipinski definition) is 6. The van der Waals surface area contributed by atoms with Crippen molar-refractivity contribution in [3.05, 3.63) is 46.7 Å². The molecule has 0 aliphatic carbocycles. The van der Waals surface area contributed by atoms with Crippen molar-refractivity contribution < 1.29 is 4.79 Å². The van der Waals surface area contributed by atoms with Crippen LogP contribution in [0.25, 0.3) is 5.69 Å². The highest BCUT2D eigenvalue weighted by atomic mass is 32.2. The number of benzene rings is 1. The van der Waals surface area contributed by atoms with Crippen LogP contribution in [-0.2, 0) is 4.79 Å². The molecule has 0 spiro atoms. The lowest BCUT2D eigenvalue weighted by atomic mass is 10.1. The molecular formula is C16H17N5OS2. The zero-order valence-corrected chi connectivity index (χ0v) is 15.2. The molecule has 8 heteroatoms. The molecule has 2 heterocycles. The zero-order valence-electron chi connectivity index (χ0n) is 13.6. The van der Waals surface area contributed by atoms with Gasteiger partial charge in [0.1, 0.15) is 6.33 Å². The first-order valence-corrected chi connectivity index (χ1v) is 9.22. The lowest BCUT2D eigenvalue weighted by Crippen LogP contribution is -2.14. The minimum absolute atomic E-state index is 0.107. The maximum Gasteiger partial charge on any atom is 0.236 e. The van der Waals surface area contributed by atoms with E-state index < -0.39 is 0 Å². The van der Waals surface area contributed by atoms with Crippen molar-refractivity contribution in [2.24, 2.45) is 0 Å². The number of thioether (sulfide) groups is 1. The molecular weight excluding hydrogens is 342 g/mol. The number of thiazole rings is 1. The number of nitrogens with zero attached hydrogens (tertiary/aromatic N) is 4. The zero-order chi connectivity index (χ0) is 17.1. The number of aromatic nitrogens is 4. The number of carbonyl (C=O) groups is 1. The van der Waals surface area contributed by atoms with Gasteiger partial charge < -0.3 is 5.32 Å². The quantitative estimate of drug-likeness (QED) is 0.707. The van der Waals surface area contributed by atoms with Gasteiger partial charge in [-0.15, -0.1) is 21.5 Å². The van der Waals surface area contributed by atoms with Crippen LogP contribution in [-0.4, -0.2) is 31.4 Å². The lowest BCUT2D eigenvalue weighted by Gasteiger charge is -2.10. The monoisotopic (exact) mass is 359 g/mol. The largest absolute Gasteiger partial charge is 0.301 e. The summed E-state index contributed by atoms with van der Waals surface area (Å²) in [5.41, 5.74) is 4.22. The number of nitrogens with one attached hydrogen (secondary N) is 1. The first-order chi connectivity index (χ1) is 11.5. The van der Waals surface area contributed by atoms with Crippen LogP contribution >= 0.6 is 23.1 Å². The van der Waals surface area contributed by atoms with Gasteiger partial charge in [0.05, 0.1) is 17.1 Å². The second-order valence-electron chi connectivity index (χ2n) is 5.40. The molecule has 24 heavy (non-hydrogen) atoms. The molecule has 0 saturated heterocycles. The molecule has 124 valence electrons. The molecule has 0 fully saturated rings. The molecule has 6 nitrogen and oxygen atoms in total. The molecule has 0 bridgehead atoms. The maximum atomic E-state index is 12.1. The minimum atomic E-state index is -0.107. The molecule has 3 rings (SSSR count). The van der Waals surface area contributed by atoms with Crippen molar-refractivity contribution in [1.82, 2.24) is 19.7 Å². The number of amides is 1. The van der Waals surface area contributed by atoms with Crippen molar-refractivity contribution >= 4 is 34.1 Å². The molecule has 1 N–H and O–H groups in total. The van der Waals surface area contributed by atoms with E-state index in [1.54, 1.807) is 6.33 Å². The van der Waals surface area contributed by atoms with Gasteiger partial charge in [-0.05, 0) is 38.0 Å². The first-order valence-electron chi connectivity index (χ1n) is 7.35. The summed E-state index contributed by atoms with van der Waals surface area (Å²) in [5.74, 6) is 0.146. The summed E-state index contributed by atoms with van der Waals surface area (Å²) in [6, 6.07) is 6.22. The second-order valence-corrected chi connectivity index (χ2v) is 7.20. The van der Waals surface area contributed by atoms with Crippen molar-refractivity contribution in [2.45, 2.75) is 25.9 Å². The Morgan fingerprint density at radius 3 is 2.92 bits per heavy atom. The van der Waals surface area contributed by atoms with E-state index in [9.17, 15) is 4.79 Å². The van der Waals surface area contributed by atoms with Gasteiger partial charge in [-0.2, -0.15) is 0 Å². The molecule has 0 radical (unpaired) electrons. The topological polar surface area (TPSA) is 72.7 Å². The van der Waals surface area contributed by atoms with Crippen molar-refractivity contribution in [3.63, 3.8) is 0 Å². The first kappa shape index (κ1) is 16.7. The summed E-state index contributed by atoms with van der Waals surface area (Å²) in [7, 11) is 0. The lowest BCUT2D eigenvalue weighted by molar-refractivity contribution is -0.113. The van der Waals surface area contributed by atoms with E-state index in [1.807, 2.05) is 30.7 Å². The molecule has 1 aromatic carbocycles. The Morgan fingerprint density at radius 1 is 1.33 bits per heavy atom. The van der Waals surface area contributed by atoms with Crippen LogP contribution in [0.2, 0.25) is 0 Å². The van der Waals surface area contributed by atoms with Gasteiger partial charge in [-0.25, -0.2) is 4.98 Å². The highest BCUT2D eigenvalue weighted by Crippen LogP contribution is 2.23. The van der Waals surface area contributed by atoms with Crippen molar-refractivity contribution in [3.8, 4) is 5.69 Å². The van der Waals surface area contributed by atoms with Crippen LogP contribution in [0.3, 0.4) is 0 Å². The van der Waals surface area contributed by atoms with Crippen LogP contribution < -0.4 is 5.32 Å². The third kappa shape index (κ3) is 3.82. The smallest absolute Gasteiger partial charge is 0.236 e. The maximum absolute atomic E-state index is 12.1. The van der Waals surface area contributed by atoms with Gasteiger partial charge in [0.25, 0.3) is 0 Å².